The van der Waals surface area contributed by atoms with Crippen LogP contribution in [0.5, 0.6) is 0 Å². The Morgan fingerprint density at radius 3 is 2.31 bits per heavy atom. The monoisotopic (exact) mass is 374 g/mol. The van der Waals surface area contributed by atoms with Gasteiger partial charge < -0.3 is 10.4 Å². The summed E-state index contributed by atoms with van der Waals surface area (Å²) in [7, 11) is -3.37. The molecule has 2 aromatic rings. The Balaban J connectivity index is 1.58. The molecule has 0 unspecified atom stereocenters. The third kappa shape index (κ3) is 4.30. The SMILES string of the molecule is O=C(O)c1cccc(CNCc2ccc(S(=O)(=O)N3CCCC3)cc2)c1. The number of rotatable bonds is 7. The summed E-state index contributed by atoms with van der Waals surface area (Å²) in [5.41, 5.74) is 2.12. The second kappa shape index (κ2) is 7.99. The van der Waals surface area contributed by atoms with Crippen LogP contribution >= 0.6 is 0 Å². The topological polar surface area (TPSA) is 86.7 Å². The molecule has 0 spiro atoms. The van der Waals surface area contributed by atoms with Crippen molar-refractivity contribution >= 4 is 16.0 Å². The molecule has 1 fully saturated rings. The zero-order valence-electron chi connectivity index (χ0n) is 14.4. The van der Waals surface area contributed by atoms with E-state index in [-0.39, 0.29) is 5.56 Å². The molecular formula is C19H22N2O4S. The number of hydrogen-bond acceptors (Lipinski definition) is 4. The number of sulfonamides is 1. The van der Waals surface area contributed by atoms with E-state index in [1.165, 1.54) is 4.31 Å². The normalized spacial score (nSPS) is 15.2. The lowest BCUT2D eigenvalue weighted by Crippen LogP contribution is -2.27. The fourth-order valence-electron chi connectivity index (χ4n) is 3.02. The van der Waals surface area contributed by atoms with Crippen molar-refractivity contribution in [1.82, 2.24) is 9.62 Å². The largest absolute Gasteiger partial charge is 0.478 e. The molecule has 0 aromatic heterocycles. The van der Waals surface area contributed by atoms with Crippen molar-refractivity contribution in [3.63, 3.8) is 0 Å². The molecule has 0 atom stereocenters. The van der Waals surface area contributed by atoms with Crippen molar-refractivity contribution in [2.75, 3.05) is 13.1 Å². The Morgan fingerprint density at radius 1 is 1.00 bits per heavy atom. The van der Waals surface area contributed by atoms with Gasteiger partial charge in [-0.1, -0.05) is 24.3 Å². The Bertz CT molecular complexity index is 873. The van der Waals surface area contributed by atoms with E-state index in [1.807, 2.05) is 18.2 Å². The first-order valence-electron chi connectivity index (χ1n) is 8.59. The number of benzene rings is 2. The van der Waals surface area contributed by atoms with Crippen molar-refractivity contribution in [2.45, 2.75) is 30.8 Å². The Morgan fingerprint density at radius 2 is 1.65 bits per heavy atom. The summed E-state index contributed by atoms with van der Waals surface area (Å²) >= 11 is 0. The van der Waals surface area contributed by atoms with Gasteiger partial charge in [-0.05, 0) is 48.2 Å². The number of hydrogen-bond donors (Lipinski definition) is 2. The molecule has 2 N–H and O–H groups in total. The highest BCUT2D eigenvalue weighted by Crippen LogP contribution is 2.21. The minimum Gasteiger partial charge on any atom is -0.478 e. The highest BCUT2D eigenvalue weighted by atomic mass is 32.2. The summed E-state index contributed by atoms with van der Waals surface area (Å²) in [6.07, 6.45) is 1.84. The van der Waals surface area contributed by atoms with E-state index in [9.17, 15) is 13.2 Å². The summed E-state index contributed by atoms with van der Waals surface area (Å²) in [6, 6.07) is 13.7. The summed E-state index contributed by atoms with van der Waals surface area (Å²) in [5, 5.41) is 12.3. The van der Waals surface area contributed by atoms with Crippen LogP contribution in [0.15, 0.2) is 53.4 Å². The number of carboxylic acids is 1. The molecule has 3 rings (SSSR count). The second-order valence-corrected chi connectivity index (χ2v) is 8.30. The van der Waals surface area contributed by atoms with E-state index in [0.717, 1.165) is 24.0 Å². The summed E-state index contributed by atoms with van der Waals surface area (Å²) in [6.45, 7) is 2.30. The molecule has 0 amide bonds. The van der Waals surface area contributed by atoms with Crippen LogP contribution < -0.4 is 5.32 Å². The second-order valence-electron chi connectivity index (χ2n) is 6.36. The number of nitrogens with zero attached hydrogens (tertiary/aromatic N) is 1. The van der Waals surface area contributed by atoms with Gasteiger partial charge >= 0.3 is 5.97 Å². The molecule has 0 saturated carbocycles. The van der Waals surface area contributed by atoms with E-state index in [4.69, 9.17) is 5.11 Å². The highest BCUT2D eigenvalue weighted by molar-refractivity contribution is 7.89. The summed E-state index contributed by atoms with van der Waals surface area (Å²) < 4.78 is 26.5. The first-order valence-corrected chi connectivity index (χ1v) is 10.0. The third-order valence-electron chi connectivity index (χ3n) is 4.46. The maximum Gasteiger partial charge on any atom is 0.335 e. The quantitative estimate of drug-likeness (QED) is 0.777. The minimum absolute atomic E-state index is 0.265. The Hall–Kier alpha value is -2.22. The smallest absolute Gasteiger partial charge is 0.335 e. The molecular weight excluding hydrogens is 352 g/mol. The lowest BCUT2D eigenvalue weighted by atomic mass is 10.1. The van der Waals surface area contributed by atoms with Crippen LogP contribution in [0.2, 0.25) is 0 Å². The molecule has 1 aliphatic heterocycles. The predicted octanol–water partition coefficient (Wildman–Crippen LogP) is 2.46. The van der Waals surface area contributed by atoms with Crippen LogP contribution in [-0.2, 0) is 23.1 Å². The lowest BCUT2D eigenvalue weighted by Gasteiger charge is -2.15. The molecule has 1 aliphatic rings. The van der Waals surface area contributed by atoms with Gasteiger partial charge in [0, 0.05) is 26.2 Å². The van der Waals surface area contributed by atoms with Gasteiger partial charge in [-0.2, -0.15) is 4.31 Å². The van der Waals surface area contributed by atoms with E-state index in [1.54, 1.807) is 30.3 Å². The van der Waals surface area contributed by atoms with Crippen LogP contribution in [0.25, 0.3) is 0 Å². The minimum atomic E-state index is -3.37. The molecule has 1 heterocycles. The lowest BCUT2D eigenvalue weighted by molar-refractivity contribution is 0.0696. The fraction of sp³-hybridized carbons (Fsp3) is 0.316. The van der Waals surface area contributed by atoms with Gasteiger partial charge in [-0.15, -0.1) is 0 Å². The van der Waals surface area contributed by atoms with Crippen LogP contribution in [0.1, 0.15) is 34.3 Å². The predicted molar refractivity (Wildman–Crippen MR) is 98.4 cm³/mol. The van der Waals surface area contributed by atoms with E-state index in [2.05, 4.69) is 5.32 Å². The fourth-order valence-corrected chi connectivity index (χ4v) is 4.54. The van der Waals surface area contributed by atoms with Gasteiger partial charge in [0.05, 0.1) is 10.5 Å². The van der Waals surface area contributed by atoms with Crippen molar-refractivity contribution in [1.29, 1.82) is 0 Å². The molecule has 2 aromatic carbocycles. The molecule has 7 heteroatoms. The van der Waals surface area contributed by atoms with Crippen LogP contribution in [0.4, 0.5) is 0 Å². The zero-order valence-corrected chi connectivity index (χ0v) is 15.2. The molecule has 0 bridgehead atoms. The summed E-state index contributed by atoms with van der Waals surface area (Å²) in [5.74, 6) is -0.943. The zero-order chi connectivity index (χ0) is 18.6. The van der Waals surface area contributed by atoms with Crippen molar-refractivity contribution in [2.24, 2.45) is 0 Å². The maximum absolute atomic E-state index is 12.5. The van der Waals surface area contributed by atoms with E-state index >= 15 is 0 Å². The van der Waals surface area contributed by atoms with Crippen molar-refractivity contribution in [3.05, 3.63) is 65.2 Å². The van der Waals surface area contributed by atoms with Crippen LogP contribution in [0.3, 0.4) is 0 Å². The average molecular weight is 374 g/mol. The van der Waals surface area contributed by atoms with E-state index in [0.29, 0.717) is 31.1 Å². The molecule has 138 valence electrons. The van der Waals surface area contributed by atoms with Gasteiger partial charge in [-0.3, -0.25) is 0 Å². The number of aromatic carboxylic acids is 1. The van der Waals surface area contributed by atoms with Gasteiger partial charge in [0.1, 0.15) is 0 Å². The van der Waals surface area contributed by atoms with Crippen LogP contribution in [-0.4, -0.2) is 36.9 Å². The van der Waals surface area contributed by atoms with Crippen molar-refractivity contribution in [3.8, 4) is 0 Å². The molecule has 0 radical (unpaired) electrons. The number of nitrogens with one attached hydrogen (secondary N) is 1. The summed E-state index contributed by atoms with van der Waals surface area (Å²) in [4.78, 5) is 11.3. The van der Waals surface area contributed by atoms with Gasteiger partial charge in [0.25, 0.3) is 0 Å². The molecule has 6 nitrogen and oxygen atoms in total. The first-order chi connectivity index (χ1) is 12.5. The molecule has 0 aliphatic carbocycles. The van der Waals surface area contributed by atoms with Gasteiger partial charge in [-0.25, -0.2) is 13.2 Å². The number of carbonyl (C=O) groups is 1. The van der Waals surface area contributed by atoms with Crippen molar-refractivity contribution < 1.29 is 18.3 Å². The molecule has 26 heavy (non-hydrogen) atoms. The van der Waals surface area contributed by atoms with Gasteiger partial charge in [0.15, 0.2) is 0 Å². The average Bonchev–Trinajstić information content (AvgIpc) is 3.18. The first kappa shape index (κ1) is 18.6. The Kier molecular flexibility index (Phi) is 5.70. The standard InChI is InChI=1S/C19H22N2O4S/c22-19(23)17-5-3-4-16(12-17)14-20-13-15-6-8-18(9-7-15)26(24,25)21-10-1-2-11-21/h3-9,12,20H,1-2,10-11,13-14H2,(H,22,23). The third-order valence-corrected chi connectivity index (χ3v) is 6.37. The number of carboxylic acid groups (broad SMARTS) is 1. The van der Waals surface area contributed by atoms with Crippen LogP contribution in [0, 0.1) is 0 Å². The highest BCUT2D eigenvalue weighted by Gasteiger charge is 2.26. The Labute approximate surface area is 153 Å². The van der Waals surface area contributed by atoms with Gasteiger partial charge in [0.2, 0.25) is 10.0 Å². The van der Waals surface area contributed by atoms with E-state index < -0.39 is 16.0 Å². The maximum atomic E-state index is 12.5. The molecule has 1 saturated heterocycles.